The fraction of sp³-hybridized carbons (Fsp3) is 0.500. The number of amides is 1. The van der Waals surface area contributed by atoms with E-state index in [4.69, 9.17) is 10.5 Å². The van der Waals surface area contributed by atoms with E-state index in [1.165, 1.54) is 7.11 Å². The standard InChI is InChI=1S/C16H24N2O3/c1-21-16(20)14(12-13-8-4-2-5-9-13)18-15(19)10-6-3-7-11-17/h2,4-5,8-9,14H,3,6-7,10-12,17H2,1H3,(H,18,19). The van der Waals surface area contributed by atoms with Crippen molar-refractivity contribution < 1.29 is 14.3 Å². The Morgan fingerprint density at radius 1 is 1.19 bits per heavy atom. The molecule has 0 bridgehead atoms. The number of unbranched alkanes of at least 4 members (excludes halogenated alkanes) is 2. The van der Waals surface area contributed by atoms with Gasteiger partial charge < -0.3 is 15.8 Å². The number of ether oxygens (including phenoxy) is 1. The molecule has 3 N–H and O–H groups in total. The van der Waals surface area contributed by atoms with Gasteiger partial charge >= 0.3 is 5.97 Å². The van der Waals surface area contributed by atoms with Crippen LogP contribution in [0.4, 0.5) is 0 Å². The van der Waals surface area contributed by atoms with Crippen molar-refractivity contribution in [3.05, 3.63) is 35.9 Å². The number of benzene rings is 1. The Bertz CT molecular complexity index is 434. The SMILES string of the molecule is COC(=O)C(Cc1ccccc1)NC(=O)CCCCCN. The molecule has 1 amide bonds. The zero-order valence-corrected chi connectivity index (χ0v) is 12.5. The molecular formula is C16H24N2O3. The number of nitrogens with two attached hydrogens (primary N) is 1. The van der Waals surface area contributed by atoms with Gasteiger partial charge in [0.1, 0.15) is 6.04 Å². The van der Waals surface area contributed by atoms with Crippen LogP contribution < -0.4 is 11.1 Å². The van der Waals surface area contributed by atoms with Gasteiger partial charge in [-0.1, -0.05) is 36.8 Å². The lowest BCUT2D eigenvalue weighted by molar-refractivity contribution is -0.145. The fourth-order valence-electron chi connectivity index (χ4n) is 2.06. The molecular weight excluding hydrogens is 268 g/mol. The molecule has 0 aliphatic heterocycles. The third-order valence-corrected chi connectivity index (χ3v) is 3.21. The van der Waals surface area contributed by atoms with Gasteiger partial charge in [0.25, 0.3) is 0 Å². The van der Waals surface area contributed by atoms with E-state index in [0.717, 1.165) is 24.8 Å². The number of carbonyl (C=O) groups is 2. The zero-order chi connectivity index (χ0) is 15.5. The Balaban J connectivity index is 2.50. The number of rotatable bonds is 9. The summed E-state index contributed by atoms with van der Waals surface area (Å²) >= 11 is 0. The summed E-state index contributed by atoms with van der Waals surface area (Å²) in [5.74, 6) is -0.549. The smallest absolute Gasteiger partial charge is 0.328 e. The average molecular weight is 292 g/mol. The van der Waals surface area contributed by atoms with E-state index < -0.39 is 12.0 Å². The molecule has 0 aliphatic carbocycles. The number of methoxy groups -OCH3 is 1. The van der Waals surface area contributed by atoms with Crippen molar-refractivity contribution in [1.82, 2.24) is 5.32 Å². The lowest BCUT2D eigenvalue weighted by Crippen LogP contribution is -2.43. The summed E-state index contributed by atoms with van der Waals surface area (Å²) in [5, 5.41) is 2.75. The third-order valence-electron chi connectivity index (χ3n) is 3.21. The third kappa shape index (κ3) is 6.90. The summed E-state index contributed by atoms with van der Waals surface area (Å²) in [6, 6.07) is 8.91. The van der Waals surface area contributed by atoms with Crippen LogP contribution in [0, 0.1) is 0 Å². The average Bonchev–Trinajstić information content (AvgIpc) is 2.51. The van der Waals surface area contributed by atoms with Gasteiger partial charge in [-0.2, -0.15) is 0 Å². The molecule has 116 valence electrons. The first-order valence-corrected chi connectivity index (χ1v) is 7.28. The first-order chi connectivity index (χ1) is 10.2. The molecule has 0 saturated carbocycles. The number of hydrogen-bond acceptors (Lipinski definition) is 4. The van der Waals surface area contributed by atoms with E-state index in [0.29, 0.717) is 19.4 Å². The summed E-state index contributed by atoms with van der Waals surface area (Å²) in [6.07, 6.45) is 3.45. The topological polar surface area (TPSA) is 81.4 Å². The molecule has 0 fully saturated rings. The highest BCUT2D eigenvalue weighted by molar-refractivity contribution is 5.84. The van der Waals surface area contributed by atoms with Crippen LogP contribution in [-0.2, 0) is 20.7 Å². The van der Waals surface area contributed by atoms with E-state index in [9.17, 15) is 9.59 Å². The summed E-state index contributed by atoms with van der Waals surface area (Å²) in [7, 11) is 1.33. The number of carbonyl (C=O) groups excluding carboxylic acids is 2. The minimum atomic E-state index is -0.639. The van der Waals surface area contributed by atoms with Crippen LogP contribution >= 0.6 is 0 Å². The van der Waals surface area contributed by atoms with Crippen molar-refractivity contribution >= 4 is 11.9 Å². The van der Waals surface area contributed by atoms with Crippen molar-refractivity contribution in [3.8, 4) is 0 Å². The van der Waals surface area contributed by atoms with Gasteiger partial charge in [-0.3, -0.25) is 4.79 Å². The van der Waals surface area contributed by atoms with E-state index in [2.05, 4.69) is 5.32 Å². The van der Waals surface area contributed by atoms with Crippen molar-refractivity contribution in [2.45, 2.75) is 38.1 Å². The quantitative estimate of drug-likeness (QED) is 0.532. The molecule has 0 radical (unpaired) electrons. The highest BCUT2D eigenvalue weighted by Crippen LogP contribution is 2.06. The minimum Gasteiger partial charge on any atom is -0.467 e. The first-order valence-electron chi connectivity index (χ1n) is 7.28. The molecule has 1 atom stereocenters. The van der Waals surface area contributed by atoms with Crippen LogP contribution in [0.2, 0.25) is 0 Å². The van der Waals surface area contributed by atoms with E-state index >= 15 is 0 Å². The number of esters is 1. The van der Waals surface area contributed by atoms with Crippen LogP contribution in [-0.4, -0.2) is 31.6 Å². The van der Waals surface area contributed by atoms with Gasteiger partial charge in [0, 0.05) is 12.8 Å². The monoisotopic (exact) mass is 292 g/mol. The molecule has 5 nitrogen and oxygen atoms in total. The van der Waals surface area contributed by atoms with Crippen molar-refractivity contribution in [1.29, 1.82) is 0 Å². The molecule has 0 aliphatic rings. The lowest BCUT2D eigenvalue weighted by atomic mass is 10.1. The summed E-state index contributed by atoms with van der Waals surface area (Å²) in [6.45, 7) is 0.639. The predicted octanol–water partition coefficient (Wildman–Crippen LogP) is 1.41. The Labute approximate surface area is 125 Å². The second-order valence-corrected chi connectivity index (χ2v) is 4.93. The Morgan fingerprint density at radius 2 is 1.90 bits per heavy atom. The minimum absolute atomic E-state index is 0.127. The van der Waals surface area contributed by atoms with Crippen molar-refractivity contribution in [2.24, 2.45) is 5.73 Å². The van der Waals surface area contributed by atoms with Gasteiger partial charge in [-0.25, -0.2) is 4.79 Å². The molecule has 0 saturated heterocycles. The van der Waals surface area contributed by atoms with Crippen LogP contribution in [0.25, 0.3) is 0 Å². The molecule has 5 heteroatoms. The summed E-state index contributed by atoms with van der Waals surface area (Å²) in [5.41, 5.74) is 6.39. The molecule has 0 aromatic heterocycles. The molecule has 1 unspecified atom stereocenters. The number of hydrogen-bond donors (Lipinski definition) is 2. The maximum atomic E-state index is 11.9. The van der Waals surface area contributed by atoms with Crippen LogP contribution in [0.5, 0.6) is 0 Å². The van der Waals surface area contributed by atoms with Crippen LogP contribution in [0.3, 0.4) is 0 Å². The maximum Gasteiger partial charge on any atom is 0.328 e. The van der Waals surface area contributed by atoms with Crippen molar-refractivity contribution in [2.75, 3.05) is 13.7 Å². The van der Waals surface area contributed by atoms with E-state index in [1.807, 2.05) is 30.3 Å². The van der Waals surface area contributed by atoms with Gasteiger partial charge in [0.2, 0.25) is 5.91 Å². The zero-order valence-electron chi connectivity index (χ0n) is 12.5. The van der Waals surface area contributed by atoms with Crippen molar-refractivity contribution in [3.63, 3.8) is 0 Å². The van der Waals surface area contributed by atoms with E-state index in [-0.39, 0.29) is 5.91 Å². The summed E-state index contributed by atoms with van der Waals surface area (Å²) < 4.78 is 4.76. The van der Waals surface area contributed by atoms with Gasteiger partial charge in [0.15, 0.2) is 0 Å². The van der Waals surface area contributed by atoms with Gasteiger partial charge in [-0.15, -0.1) is 0 Å². The first kappa shape index (κ1) is 17.2. The van der Waals surface area contributed by atoms with Crippen LogP contribution in [0.15, 0.2) is 30.3 Å². The van der Waals surface area contributed by atoms with E-state index in [1.54, 1.807) is 0 Å². The fourth-order valence-corrected chi connectivity index (χ4v) is 2.06. The Morgan fingerprint density at radius 3 is 2.52 bits per heavy atom. The largest absolute Gasteiger partial charge is 0.467 e. The molecule has 0 heterocycles. The molecule has 1 aromatic rings. The molecule has 1 aromatic carbocycles. The maximum absolute atomic E-state index is 11.9. The normalized spacial score (nSPS) is 11.7. The molecule has 21 heavy (non-hydrogen) atoms. The van der Waals surface area contributed by atoms with Gasteiger partial charge in [0.05, 0.1) is 7.11 Å². The Hall–Kier alpha value is -1.88. The lowest BCUT2D eigenvalue weighted by Gasteiger charge is -2.16. The second kappa shape index (κ2) is 9.94. The molecule has 0 spiro atoms. The molecule has 1 rings (SSSR count). The second-order valence-electron chi connectivity index (χ2n) is 4.93. The summed E-state index contributed by atoms with van der Waals surface area (Å²) in [4.78, 5) is 23.7. The Kier molecular flexibility index (Phi) is 8.12. The highest BCUT2D eigenvalue weighted by Gasteiger charge is 2.21. The predicted molar refractivity (Wildman–Crippen MR) is 81.6 cm³/mol. The van der Waals surface area contributed by atoms with Gasteiger partial charge in [-0.05, 0) is 24.9 Å². The van der Waals surface area contributed by atoms with Crippen LogP contribution in [0.1, 0.15) is 31.2 Å². The highest BCUT2D eigenvalue weighted by atomic mass is 16.5. The number of nitrogens with one attached hydrogen (secondary N) is 1.